The zero-order valence-electron chi connectivity index (χ0n) is 6.77. The summed E-state index contributed by atoms with van der Waals surface area (Å²) in [5, 5.41) is 0. The van der Waals surface area contributed by atoms with Crippen molar-refractivity contribution in [3.63, 3.8) is 0 Å². The Labute approximate surface area is 58.7 Å². The molecule has 0 aromatic carbocycles. The normalized spacial score (nSPS) is 12.9. The van der Waals surface area contributed by atoms with E-state index in [1.807, 2.05) is 0 Å². The Kier molecular flexibility index (Phi) is 3.82. The van der Waals surface area contributed by atoms with Crippen LogP contribution in [0.15, 0.2) is 11.8 Å². The highest BCUT2D eigenvalue weighted by Crippen LogP contribution is 2.00. The first-order chi connectivity index (χ1) is 4.06. The third kappa shape index (κ3) is 7.92. The van der Waals surface area contributed by atoms with E-state index in [0.29, 0.717) is 0 Å². The highest BCUT2D eigenvalue weighted by molar-refractivity contribution is 6.80. The molecule has 0 saturated heterocycles. The third-order valence-corrected chi connectivity index (χ3v) is 2.12. The van der Waals surface area contributed by atoms with Gasteiger partial charge in [-0.25, -0.2) is 0 Å². The van der Waals surface area contributed by atoms with E-state index in [1.165, 1.54) is 0 Å². The summed E-state index contributed by atoms with van der Waals surface area (Å²) >= 11 is 0. The monoisotopic (exact) mass is 144 g/mol. The van der Waals surface area contributed by atoms with Gasteiger partial charge in [-0.05, 0) is 0 Å². The second-order valence-electron chi connectivity index (χ2n) is 3.22. The van der Waals surface area contributed by atoms with Crippen molar-refractivity contribution in [1.82, 2.24) is 0 Å². The fourth-order valence-corrected chi connectivity index (χ4v) is 1.30. The number of ether oxygens (including phenoxy) is 1. The zero-order chi connectivity index (χ0) is 7.33. The van der Waals surface area contributed by atoms with Gasteiger partial charge >= 0.3 is 0 Å². The average molecular weight is 144 g/mol. The molecule has 0 aliphatic heterocycles. The Bertz CT molecular complexity index is 91.6. The number of hydrogen-bond donors (Lipinski definition) is 0. The molecular formula is C7H16OSi. The number of methoxy groups -OCH3 is 1. The van der Waals surface area contributed by atoms with Gasteiger partial charge in [-0.2, -0.15) is 0 Å². The van der Waals surface area contributed by atoms with Crippen molar-refractivity contribution < 1.29 is 4.74 Å². The van der Waals surface area contributed by atoms with Gasteiger partial charge in [0.15, 0.2) is 0 Å². The molecule has 0 amide bonds. The van der Waals surface area contributed by atoms with Crippen LogP contribution in [0, 0.1) is 0 Å². The van der Waals surface area contributed by atoms with Crippen molar-refractivity contribution in [3.05, 3.63) is 11.8 Å². The van der Waals surface area contributed by atoms with Gasteiger partial charge in [0.05, 0.1) is 14.7 Å². The standard InChI is InChI=1S/C7H16OSi/c1-8-6-5-7-9(2,3)4/h5,7H,6H2,1-4H3/b7-5+. The van der Waals surface area contributed by atoms with Crippen LogP contribution in [-0.4, -0.2) is 21.8 Å². The van der Waals surface area contributed by atoms with E-state index >= 15 is 0 Å². The minimum Gasteiger partial charge on any atom is -0.381 e. The molecule has 0 N–H and O–H groups in total. The lowest BCUT2D eigenvalue weighted by Crippen LogP contribution is -2.15. The van der Waals surface area contributed by atoms with Crippen molar-refractivity contribution in [2.24, 2.45) is 0 Å². The highest BCUT2D eigenvalue weighted by atomic mass is 28.3. The molecule has 0 atom stereocenters. The summed E-state index contributed by atoms with van der Waals surface area (Å²) in [5.41, 5.74) is 2.29. The smallest absolute Gasteiger partial charge is 0.0683 e. The highest BCUT2D eigenvalue weighted by Gasteiger charge is 2.05. The Morgan fingerprint density at radius 2 is 1.89 bits per heavy atom. The predicted octanol–water partition coefficient (Wildman–Crippen LogP) is 2.07. The van der Waals surface area contributed by atoms with Gasteiger partial charge in [-0.3, -0.25) is 0 Å². The molecule has 0 fully saturated rings. The molecule has 0 rings (SSSR count). The molecule has 9 heavy (non-hydrogen) atoms. The molecule has 0 radical (unpaired) electrons. The summed E-state index contributed by atoms with van der Waals surface area (Å²) in [6.07, 6.45) is 2.10. The lowest BCUT2D eigenvalue weighted by Gasteiger charge is -2.07. The molecule has 0 saturated carbocycles. The molecule has 2 heteroatoms. The van der Waals surface area contributed by atoms with Crippen LogP contribution in [0.25, 0.3) is 0 Å². The first kappa shape index (κ1) is 8.92. The Morgan fingerprint density at radius 3 is 2.22 bits per heavy atom. The van der Waals surface area contributed by atoms with Crippen LogP contribution in [0.5, 0.6) is 0 Å². The van der Waals surface area contributed by atoms with E-state index in [9.17, 15) is 0 Å². The molecule has 0 spiro atoms. The number of rotatable bonds is 3. The molecule has 0 aromatic rings. The van der Waals surface area contributed by atoms with Crippen molar-refractivity contribution in [2.75, 3.05) is 13.7 Å². The van der Waals surface area contributed by atoms with Crippen LogP contribution in [0.2, 0.25) is 19.6 Å². The first-order valence-corrected chi connectivity index (χ1v) is 6.80. The predicted molar refractivity (Wildman–Crippen MR) is 44.4 cm³/mol. The molecule has 0 heterocycles. The van der Waals surface area contributed by atoms with E-state index < -0.39 is 8.07 Å². The van der Waals surface area contributed by atoms with Crippen LogP contribution in [0.4, 0.5) is 0 Å². The minimum absolute atomic E-state index is 0.754. The second kappa shape index (κ2) is 3.85. The van der Waals surface area contributed by atoms with Gasteiger partial charge in [-0.15, -0.1) is 0 Å². The van der Waals surface area contributed by atoms with E-state index in [1.54, 1.807) is 7.11 Å². The second-order valence-corrected chi connectivity index (χ2v) is 8.29. The summed E-state index contributed by atoms with van der Waals surface area (Å²) < 4.78 is 4.87. The van der Waals surface area contributed by atoms with Gasteiger partial charge in [0.2, 0.25) is 0 Å². The van der Waals surface area contributed by atoms with Gasteiger partial charge < -0.3 is 4.74 Å². The Balaban J connectivity index is 3.45. The summed E-state index contributed by atoms with van der Waals surface area (Å²) in [4.78, 5) is 0. The van der Waals surface area contributed by atoms with E-state index in [-0.39, 0.29) is 0 Å². The zero-order valence-corrected chi connectivity index (χ0v) is 7.77. The molecular weight excluding hydrogens is 128 g/mol. The summed E-state index contributed by atoms with van der Waals surface area (Å²) in [6.45, 7) is 7.67. The quantitative estimate of drug-likeness (QED) is 0.551. The van der Waals surface area contributed by atoms with Gasteiger partial charge in [0.1, 0.15) is 0 Å². The fraction of sp³-hybridized carbons (Fsp3) is 0.714. The molecule has 0 aliphatic rings. The Hall–Kier alpha value is -0.0831. The summed E-state index contributed by atoms with van der Waals surface area (Å²) in [6, 6.07) is 0. The van der Waals surface area contributed by atoms with Gasteiger partial charge in [0, 0.05) is 7.11 Å². The fourth-order valence-electron chi connectivity index (χ4n) is 0.498. The van der Waals surface area contributed by atoms with Crippen molar-refractivity contribution >= 4 is 8.07 Å². The van der Waals surface area contributed by atoms with Crippen LogP contribution < -0.4 is 0 Å². The van der Waals surface area contributed by atoms with Crippen LogP contribution >= 0.6 is 0 Å². The maximum absolute atomic E-state index is 4.87. The SMILES string of the molecule is COC/C=C/[Si](C)(C)C. The molecule has 0 bridgehead atoms. The van der Waals surface area contributed by atoms with Crippen molar-refractivity contribution in [3.8, 4) is 0 Å². The van der Waals surface area contributed by atoms with Crippen LogP contribution in [0.1, 0.15) is 0 Å². The van der Waals surface area contributed by atoms with Gasteiger partial charge in [-0.1, -0.05) is 31.4 Å². The van der Waals surface area contributed by atoms with E-state index in [0.717, 1.165) is 6.61 Å². The molecule has 54 valence electrons. The maximum atomic E-state index is 4.87. The summed E-state index contributed by atoms with van der Waals surface area (Å²) in [5.74, 6) is 0. The van der Waals surface area contributed by atoms with E-state index in [2.05, 4.69) is 31.4 Å². The summed E-state index contributed by atoms with van der Waals surface area (Å²) in [7, 11) is 0.762. The topological polar surface area (TPSA) is 9.23 Å². The average Bonchev–Trinajstić information content (AvgIpc) is 1.63. The number of hydrogen-bond acceptors (Lipinski definition) is 1. The Morgan fingerprint density at radius 1 is 1.33 bits per heavy atom. The minimum atomic E-state index is -0.955. The largest absolute Gasteiger partial charge is 0.381 e. The lowest BCUT2D eigenvalue weighted by molar-refractivity contribution is 0.234. The van der Waals surface area contributed by atoms with Crippen LogP contribution in [-0.2, 0) is 4.74 Å². The maximum Gasteiger partial charge on any atom is 0.0683 e. The molecule has 0 aromatic heterocycles. The van der Waals surface area contributed by atoms with Gasteiger partial charge in [0.25, 0.3) is 0 Å². The third-order valence-electron chi connectivity index (χ3n) is 0.881. The van der Waals surface area contributed by atoms with Crippen molar-refractivity contribution in [1.29, 1.82) is 0 Å². The first-order valence-electron chi connectivity index (χ1n) is 3.23. The van der Waals surface area contributed by atoms with Crippen LogP contribution in [0.3, 0.4) is 0 Å². The van der Waals surface area contributed by atoms with E-state index in [4.69, 9.17) is 4.74 Å². The molecule has 0 aliphatic carbocycles. The molecule has 1 nitrogen and oxygen atoms in total. The van der Waals surface area contributed by atoms with Crippen molar-refractivity contribution in [2.45, 2.75) is 19.6 Å². The lowest BCUT2D eigenvalue weighted by atomic mass is 10.7. The molecule has 0 unspecified atom stereocenters.